The average Bonchev–Trinajstić information content (AvgIpc) is 1.97. The topological polar surface area (TPSA) is 20.2 Å². The lowest BCUT2D eigenvalue weighted by atomic mass is 9.98. The van der Waals surface area contributed by atoms with Gasteiger partial charge in [0, 0.05) is 0 Å². The summed E-state index contributed by atoms with van der Waals surface area (Å²) in [6.45, 7) is 6.13. The van der Waals surface area contributed by atoms with Gasteiger partial charge in [-0.1, -0.05) is 31.5 Å². The van der Waals surface area contributed by atoms with Crippen molar-refractivity contribution in [1.29, 1.82) is 0 Å². The fraction of sp³-hybridized carbons (Fsp3) is 0.400. The Hall–Kier alpha value is -0.690. The number of benzene rings is 1. The van der Waals surface area contributed by atoms with E-state index in [0.717, 1.165) is 11.1 Å². The van der Waals surface area contributed by atoms with Gasteiger partial charge in [0.2, 0.25) is 0 Å². The van der Waals surface area contributed by atoms with Gasteiger partial charge in [-0.05, 0) is 30.0 Å². The third kappa shape index (κ3) is 1.56. The van der Waals surface area contributed by atoms with Crippen LogP contribution in [0.25, 0.3) is 0 Å². The van der Waals surface area contributed by atoms with Gasteiger partial charge < -0.3 is 5.11 Å². The molecule has 0 aliphatic carbocycles. The highest BCUT2D eigenvalue weighted by molar-refractivity contribution is 6.32. The zero-order valence-electron chi connectivity index (χ0n) is 7.56. The molecule has 0 amide bonds. The van der Waals surface area contributed by atoms with Gasteiger partial charge in [-0.3, -0.25) is 0 Å². The standard InChI is InChI=1S/C10H13ClO/c1-6(2)9-7(3)4-5-8(12)10(9)11/h4-6,12H,1-3H3. The summed E-state index contributed by atoms with van der Waals surface area (Å²) in [5, 5.41) is 9.83. The molecule has 1 N–H and O–H groups in total. The van der Waals surface area contributed by atoms with Crippen molar-refractivity contribution in [3.8, 4) is 5.75 Å². The van der Waals surface area contributed by atoms with Crippen LogP contribution in [0.5, 0.6) is 5.75 Å². The molecular weight excluding hydrogens is 172 g/mol. The molecule has 2 heteroatoms. The average molecular weight is 185 g/mol. The summed E-state index contributed by atoms with van der Waals surface area (Å²) in [6, 6.07) is 3.51. The minimum atomic E-state index is 0.172. The van der Waals surface area contributed by atoms with Gasteiger partial charge in [-0.15, -0.1) is 0 Å². The van der Waals surface area contributed by atoms with Gasteiger partial charge >= 0.3 is 0 Å². The van der Waals surface area contributed by atoms with Crippen LogP contribution in [0.15, 0.2) is 12.1 Å². The Morgan fingerprint density at radius 2 is 1.92 bits per heavy atom. The van der Waals surface area contributed by atoms with E-state index >= 15 is 0 Å². The molecule has 0 saturated heterocycles. The highest BCUT2D eigenvalue weighted by atomic mass is 35.5. The predicted molar refractivity (Wildman–Crippen MR) is 51.9 cm³/mol. The Kier molecular flexibility index (Phi) is 2.63. The van der Waals surface area contributed by atoms with E-state index in [9.17, 15) is 5.11 Å². The van der Waals surface area contributed by atoms with Crippen molar-refractivity contribution >= 4 is 11.6 Å². The number of aromatic hydroxyl groups is 1. The fourth-order valence-corrected chi connectivity index (χ4v) is 1.82. The van der Waals surface area contributed by atoms with Crippen LogP contribution in [0.4, 0.5) is 0 Å². The van der Waals surface area contributed by atoms with Crippen LogP contribution in [0.1, 0.15) is 30.9 Å². The first-order valence-electron chi connectivity index (χ1n) is 4.02. The third-order valence-electron chi connectivity index (χ3n) is 1.95. The van der Waals surface area contributed by atoms with Crippen molar-refractivity contribution < 1.29 is 5.11 Å². The summed E-state index contributed by atoms with van der Waals surface area (Å²) in [7, 11) is 0. The molecule has 0 unspecified atom stereocenters. The maximum atomic E-state index is 9.34. The summed E-state index contributed by atoms with van der Waals surface area (Å²) in [4.78, 5) is 0. The molecule has 0 radical (unpaired) electrons. The van der Waals surface area contributed by atoms with E-state index in [2.05, 4.69) is 13.8 Å². The van der Waals surface area contributed by atoms with Gasteiger partial charge in [0.05, 0.1) is 5.02 Å². The van der Waals surface area contributed by atoms with Crippen molar-refractivity contribution in [3.05, 3.63) is 28.3 Å². The SMILES string of the molecule is Cc1ccc(O)c(Cl)c1C(C)C. The number of hydrogen-bond donors (Lipinski definition) is 1. The zero-order valence-corrected chi connectivity index (χ0v) is 8.31. The second-order valence-electron chi connectivity index (χ2n) is 3.28. The van der Waals surface area contributed by atoms with Crippen molar-refractivity contribution in [2.75, 3.05) is 0 Å². The molecule has 66 valence electrons. The summed E-state index contributed by atoms with van der Waals surface area (Å²) in [5.41, 5.74) is 2.17. The minimum Gasteiger partial charge on any atom is -0.506 e. The molecule has 0 bridgehead atoms. The van der Waals surface area contributed by atoms with Crippen LogP contribution in [0.2, 0.25) is 5.02 Å². The first kappa shape index (κ1) is 9.40. The fourth-order valence-electron chi connectivity index (χ4n) is 1.39. The molecule has 0 fully saturated rings. The Balaban J connectivity index is 3.33. The number of hydrogen-bond acceptors (Lipinski definition) is 1. The zero-order chi connectivity index (χ0) is 9.30. The maximum absolute atomic E-state index is 9.34. The van der Waals surface area contributed by atoms with Crippen LogP contribution in [0.3, 0.4) is 0 Å². The van der Waals surface area contributed by atoms with Crippen molar-refractivity contribution in [2.24, 2.45) is 0 Å². The van der Waals surface area contributed by atoms with E-state index in [0.29, 0.717) is 10.9 Å². The van der Waals surface area contributed by atoms with Gasteiger partial charge in [-0.2, -0.15) is 0 Å². The molecule has 1 aromatic carbocycles. The monoisotopic (exact) mass is 184 g/mol. The van der Waals surface area contributed by atoms with E-state index in [1.165, 1.54) is 0 Å². The van der Waals surface area contributed by atoms with Gasteiger partial charge in [-0.25, -0.2) is 0 Å². The molecule has 1 aromatic rings. The Morgan fingerprint density at radius 3 is 2.33 bits per heavy atom. The first-order valence-corrected chi connectivity index (χ1v) is 4.39. The highest BCUT2D eigenvalue weighted by Gasteiger charge is 2.11. The molecule has 0 heterocycles. The van der Waals surface area contributed by atoms with Crippen molar-refractivity contribution in [3.63, 3.8) is 0 Å². The van der Waals surface area contributed by atoms with Crippen LogP contribution >= 0.6 is 11.6 Å². The highest BCUT2D eigenvalue weighted by Crippen LogP contribution is 2.34. The van der Waals surface area contributed by atoms with Crippen LogP contribution in [0, 0.1) is 6.92 Å². The number of phenolic OH excluding ortho intramolecular Hbond substituents is 1. The molecule has 0 aliphatic heterocycles. The smallest absolute Gasteiger partial charge is 0.134 e. The summed E-state index contributed by atoms with van der Waals surface area (Å²) >= 11 is 5.94. The second kappa shape index (κ2) is 3.36. The third-order valence-corrected chi connectivity index (χ3v) is 2.35. The lowest BCUT2D eigenvalue weighted by Gasteiger charge is -2.12. The molecular formula is C10H13ClO. The van der Waals surface area contributed by atoms with Crippen LogP contribution in [-0.4, -0.2) is 5.11 Å². The molecule has 1 nitrogen and oxygen atoms in total. The van der Waals surface area contributed by atoms with E-state index < -0.39 is 0 Å². The first-order chi connectivity index (χ1) is 5.54. The van der Waals surface area contributed by atoms with Gasteiger partial charge in [0.15, 0.2) is 0 Å². The maximum Gasteiger partial charge on any atom is 0.134 e. The molecule has 12 heavy (non-hydrogen) atoms. The number of rotatable bonds is 1. The lowest BCUT2D eigenvalue weighted by molar-refractivity contribution is 0.474. The molecule has 0 atom stereocenters. The summed E-state index contributed by atoms with van der Waals surface area (Å²) in [6.07, 6.45) is 0. The predicted octanol–water partition coefficient (Wildman–Crippen LogP) is 3.48. The Labute approximate surface area is 78.0 Å². The molecule has 1 rings (SSSR count). The second-order valence-corrected chi connectivity index (χ2v) is 3.66. The Bertz CT molecular complexity index is 292. The molecule has 0 spiro atoms. The van der Waals surface area contributed by atoms with Crippen LogP contribution < -0.4 is 0 Å². The van der Waals surface area contributed by atoms with E-state index in [1.54, 1.807) is 6.07 Å². The number of phenols is 1. The van der Waals surface area contributed by atoms with Crippen molar-refractivity contribution in [1.82, 2.24) is 0 Å². The quantitative estimate of drug-likeness (QED) is 0.709. The normalized spacial score (nSPS) is 10.8. The summed E-state index contributed by atoms with van der Waals surface area (Å²) < 4.78 is 0. The van der Waals surface area contributed by atoms with Gasteiger partial charge in [0.1, 0.15) is 5.75 Å². The van der Waals surface area contributed by atoms with Crippen molar-refractivity contribution in [2.45, 2.75) is 26.7 Å². The number of aryl methyl sites for hydroxylation is 1. The molecule has 0 aliphatic rings. The lowest BCUT2D eigenvalue weighted by Crippen LogP contribution is -1.93. The van der Waals surface area contributed by atoms with E-state index in [4.69, 9.17) is 11.6 Å². The summed E-state index contributed by atoms with van der Waals surface area (Å²) in [5.74, 6) is 0.524. The Morgan fingerprint density at radius 1 is 1.33 bits per heavy atom. The molecule has 0 saturated carbocycles. The number of halogens is 1. The largest absolute Gasteiger partial charge is 0.506 e. The van der Waals surface area contributed by atoms with E-state index in [-0.39, 0.29) is 5.75 Å². The van der Waals surface area contributed by atoms with Gasteiger partial charge in [0.25, 0.3) is 0 Å². The van der Waals surface area contributed by atoms with Crippen LogP contribution in [-0.2, 0) is 0 Å². The van der Waals surface area contributed by atoms with E-state index in [1.807, 2.05) is 13.0 Å². The minimum absolute atomic E-state index is 0.172. The molecule has 0 aromatic heterocycles.